The van der Waals surface area contributed by atoms with Gasteiger partial charge in [-0.25, -0.2) is 9.97 Å². The van der Waals surface area contributed by atoms with Crippen molar-refractivity contribution in [2.24, 2.45) is 0 Å². The smallest absolute Gasteiger partial charge is 0.132 e. The van der Waals surface area contributed by atoms with Crippen LogP contribution in [0.3, 0.4) is 0 Å². The fourth-order valence-electron chi connectivity index (χ4n) is 2.02. The molecule has 1 rings (SSSR count). The molecule has 4 nitrogen and oxygen atoms in total. The summed E-state index contributed by atoms with van der Waals surface area (Å²) in [7, 11) is 0. The van der Waals surface area contributed by atoms with Crippen LogP contribution < -0.4 is 4.90 Å². The summed E-state index contributed by atoms with van der Waals surface area (Å²) in [5, 5.41) is 9.01. The van der Waals surface area contributed by atoms with Gasteiger partial charge in [-0.1, -0.05) is 13.8 Å². The third-order valence-corrected chi connectivity index (χ3v) is 3.15. The number of likely N-dealkylation sites (N-methyl/N-ethyl adjacent to an activating group) is 1. The first-order valence-electron chi connectivity index (χ1n) is 6.44. The zero-order valence-corrected chi connectivity index (χ0v) is 11.1. The van der Waals surface area contributed by atoms with Gasteiger partial charge >= 0.3 is 0 Å². The van der Waals surface area contributed by atoms with Crippen LogP contribution in [0.4, 0.5) is 5.82 Å². The molecule has 0 bridgehead atoms. The van der Waals surface area contributed by atoms with Gasteiger partial charge in [0.1, 0.15) is 12.1 Å². The summed E-state index contributed by atoms with van der Waals surface area (Å²) < 4.78 is 0. The molecule has 0 unspecified atom stereocenters. The minimum atomic E-state index is 0.151. The monoisotopic (exact) mass is 237 g/mol. The molecular formula is C13H23N3O. The predicted octanol–water partition coefficient (Wildman–Crippen LogP) is 2.20. The highest BCUT2D eigenvalue weighted by atomic mass is 16.3. The van der Waals surface area contributed by atoms with Gasteiger partial charge < -0.3 is 10.0 Å². The molecule has 0 aliphatic rings. The Balaban J connectivity index is 2.90. The van der Waals surface area contributed by atoms with Crippen molar-refractivity contribution >= 4 is 5.82 Å². The Kier molecular flexibility index (Phi) is 5.91. The highest BCUT2D eigenvalue weighted by Gasteiger charge is 2.12. The SMILES string of the molecule is CCC(CC)c1cc(N(CC)CCO)ncn1. The van der Waals surface area contributed by atoms with E-state index >= 15 is 0 Å². The van der Waals surface area contributed by atoms with Crippen LogP contribution in [-0.2, 0) is 0 Å². The van der Waals surface area contributed by atoms with E-state index in [2.05, 4.69) is 41.7 Å². The lowest BCUT2D eigenvalue weighted by atomic mass is 9.99. The van der Waals surface area contributed by atoms with Gasteiger partial charge in [-0.15, -0.1) is 0 Å². The Labute approximate surface area is 104 Å². The zero-order chi connectivity index (χ0) is 12.7. The van der Waals surface area contributed by atoms with Crippen LogP contribution in [0.2, 0.25) is 0 Å². The van der Waals surface area contributed by atoms with Crippen LogP contribution in [0.5, 0.6) is 0 Å². The third-order valence-electron chi connectivity index (χ3n) is 3.15. The molecule has 1 heterocycles. The summed E-state index contributed by atoms with van der Waals surface area (Å²) in [6.45, 7) is 8.05. The lowest BCUT2D eigenvalue weighted by molar-refractivity contribution is 0.302. The van der Waals surface area contributed by atoms with Gasteiger partial charge in [0.15, 0.2) is 0 Å². The van der Waals surface area contributed by atoms with Crippen molar-refractivity contribution in [3.63, 3.8) is 0 Å². The van der Waals surface area contributed by atoms with Gasteiger partial charge in [0, 0.05) is 30.8 Å². The number of aromatic nitrogens is 2. The van der Waals surface area contributed by atoms with E-state index < -0.39 is 0 Å². The number of nitrogens with zero attached hydrogens (tertiary/aromatic N) is 3. The molecule has 0 saturated heterocycles. The molecule has 4 heteroatoms. The lowest BCUT2D eigenvalue weighted by Gasteiger charge is -2.22. The van der Waals surface area contributed by atoms with Crippen molar-refractivity contribution in [3.8, 4) is 0 Å². The highest BCUT2D eigenvalue weighted by molar-refractivity contribution is 5.39. The van der Waals surface area contributed by atoms with Gasteiger partial charge in [0.25, 0.3) is 0 Å². The summed E-state index contributed by atoms with van der Waals surface area (Å²) in [4.78, 5) is 10.7. The van der Waals surface area contributed by atoms with Crippen molar-refractivity contribution in [3.05, 3.63) is 18.1 Å². The minimum Gasteiger partial charge on any atom is -0.395 e. The molecule has 0 spiro atoms. The Bertz CT molecular complexity index is 326. The van der Waals surface area contributed by atoms with E-state index in [1.54, 1.807) is 6.33 Å². The largest absolute Gasteiger partial charge is 0.395 e. The Hall–Kier alpha value is -1.16. The van der Waals surface area contributed by atoms with Crippen LogP contribution in [0.1, 0.15) is 45.2 Å². The van der Waals surface area contributed by atoms with Gasteiger partial charge in [-0.3, -0.25) is 0 Å². The van der Waals surface area contributed by atoms with E-state index in [-0.39, 0.29) is 6.61 Å². The Morgan fingerprint density at radius 1 is 1.24 bits per heavy atom. The number of rotatable bonds is 7. The summed E-state index contributed by atoms with van der Waals surface area (Å²) in [5.74, 6) is 1.42. The first kappa shape index (κ1) is 13.9. The van der Waals surface area contributed by atoms with Crippen LogP contribution in [0, 0.1) is 0 Å². The molecule has 0 radical (unpaired) electrons. The van der Waals surface area contributed by atoms with Crippen LogP contribution >= 0.6 is 0 Å². The fraction of sp³-hybridized carbons (Fsp3) is 0.692. The van der Waals surface area contributed by atoms with Crippen LogP contribution in [-0.4, -0.2) is 34.8 Å². The van der Waals surface area contributed by atoms with Crippen LogP contribution in [0.15, 0.2) is 12.4 Å². The van der Waals surface area contributed by atoms with E-state index in [1.165, 1.54) is 0 Å². The molecule has 0 aliphatic heterocycles. The fourth-order valence-corrected chi connectivity index (χ4v) is 2.02. The second-order valence-corrected chi connectivity index (χ2v) is 4.12. The van der Waals surface area contributed by atoms with Gasteiger partial charge in [0.2, 0.25) is 0 Å². The molecule has 1 N–H and O–H groups in total. The number of anilines is 1. The topological polar surface area (TPSA) is 49.2 Å². The van der Waals surface area contributed by atoms with Crippen molar-refractivity contribution in [1.29, 1.82) is 0 Å². The number of aliphatic hydroxyl groups excluding tert-OH is 1. The average Bonchev–Trinajstić information content (AvgIpc) is 2.38. The normalized spacial score (nSPS) is 10.9. The molecular weight excluding hydrogens is 214 g/mol. The maximum absolute atomic E-state index is 9.01. The molecule has 17 heavy (non-hydrogen) atoms. The minimum absolute atomic E-state index is 0.151. The lowest BCUT2D eigenvalue weighted by Crippen LogP contribution is -2.27. The number of hydrogen-bond donors (Lipinski definition) is 1. The second kappa shape index (κ2) is 7.22. The molecule has 0 aromatic carbocycles. The summed E-state index contributed by atoms with van der Waals surface area (Å²) in [5.41, 5.74) is 1.11. The Morgan fingerprint density at radius 2 is 1.94 bits per heavy atom. The molecule has 0 aliphatic carbocycles. The maximum Gasteiger partial charge on any atom is 0.132 e. The molecule has 0 saturated carbocycles. The molecule has 96 valence electrons. The van der Waals surface area contributed by atoms with E-state index in [1.807, 2.05) is 0 Å². The first-order valence-corrected chi connectivity index (χ1v) is 6.44. The Morgan fingerprint density at radius 3 is 2.47 bits per heavy atom. The van der Waals surface area contributed by atoms with Crippen molar-refractivity contribution < 1.29 is 5.11 Å². The van der Waals surface area contributed by atoms with Crippen molar-refractivity contribution in [2.75, 3.05) is 24.6 Å². The first-order chi connectivity index (χ1) is 8.26. The van der Waals surface area contributed by atoms with Crippen molar-refractivity contribution in [2.45, 2.75) is 39.5 Å². The summed E-state index contributed by atoms with van der Waals surface area (Å²) in [6.07, 6.45) is 3.82. The second-order valence-electron chi connectivity index (χ2n) is 4.12. The predicted molar refractivity (Wildman–Crippen MR) is 70.3 cm³/mol. The standard InChI is InChI=1S/C13H23N3O/c1-4-11(5-2)12-9-13(15-10-14-12)16(6-3)7-8-17/h9-11,17H,4-8H2,1-3H3. The number of hydrogen-bond acceptors (Lipinski definition) is 4. The molecule has 1 aromatic rings. The van der Waals surface area contributed by atoms with E-state index in [0.717, 1.165) is 30.9 Å². The van der Waals surface area contributed by atoms with E-state index in [0.29, 0.717) is 12.5 Å². The maximum atomic E-state index is 9.01. The van der Waals surface area contributed by atoms with Gasteiger partial charge in [-0.2, -0.15) is 0 Å². The summed E-state index contributed by atoms with van der Waals surface area (Å²) >= 11 is 0. The van der Waals surface area contributed by atoms with Crippen molar-refractivity contribution in [1.82, 2.24) is 9.97 Å². The average molecular weight is 237 g/mol. The number of aliphatic hydroxyl groups is 1. The highest BCUT2D eigenvalue weighted by Crippen LogP contribution is 2.23. The molecule has 0 amide bonds. The molecule has 0 fully saturated rings. The van der Waals surface area contributed by atoms with Gasteiger partial charge in [-0.05, 0) is 19.8 Å². The third kappa shape index (κ3) is 3.66. The van der Waals surface area contributed by atoms with E-state index in [9.17, 15) is 0 Å². The molecule has 0 atom stereocenters. The zero-order valence-electron chi connectivity index (χ0n) is 11.1. The van der Waals surface area contributed by atoms with Crippen LogP contribution in [0.25, 0.3) is 0 Å². The quantitative estimate of drug-likeness (QED) is 0.790. The summed E-state index contributed by atoms with van der Waals surface area (Å²) in [6, 6.07) is 2.05. The van der Waals surface area contributed by atoms with E-state index in [4.69, 9.17) is 5.11 Å². The van der Waals surface area contributed by atoms with Gasteiger partial charge in [0.05, 0.1) is 6.61 Å². The molecule has 1 aromatic heterocycles.